The van der Waals surface area contributed by atoms with Crippen molar-refractivity contribution in [2.24, 2.45) is 7.05 Å². The molecule has 0 radical (unpaired) electrons. The van der Waals surface area contributed by atoms with Gasteiger partial charge in [0.25, 0.3) is 0 Å². The highest BCUT2D eigenvalue weighted by Gasteiger charge is 2.13. The molecule has 0 aliphatic carbocycles. The van der Waals surface area contributed by atoms with Crippen LogP contribution in [0.2, 0.25) is 0 Å². The van der Waals surface area contributed by atoms with Crippen LogP contribution in [0.4, 0.5) is 0 Å². The predicted octanol–water partition coefficient (Wildman–Crippen LogP) is 5.31. The number of hydrogen-bond acceptors (Lipinski definition) is 7. The molecule has 0 amide bonds. The molecule has 8 heteroatoms. The van der Waals surface area contributed by atoms with Crippen LogP contribution in [-0.2, 0) is 12.8 Å². The van der Waals surface area contributed by atoms with E-state index in [1.165, 1.54) is 0 Å². The number of ether oxygens (including phenoxy) is 2. The Kier molecular flexibility index (Phi) is 6.35. The number of aromatic nitrogens is 4. The first-order valence-corrected chi connectivity index (χ1v) is 11.4. The fourth-order valence-electron chi connectivity index (χ4n) is 2.94. The molecule has 0 fully saturated rings. The lowest BCUT2D eigenvalue weighted by Gasteiger charge is -2.04. The van der Waals surface area contributed by atoms with E-state index < -0.39 is 0 Å². The summed E-state index contributed by atoms with van der Waals surface area (Å²) in [7, 11) is 3.64. The Hall–Kier alpha value is -2.84. The Labute approximate surface area is 183 Å². The lowest BCUT2D eigenvalue weighted by Crippen LogP contribution is -1.95. The van der Waals surface area contributed by atoms with E-state index in [1.807, 2.05) is 67.1 Å². The van der Waals surface area contributed by atoms with E-state index in [2.05, 4.69) is 15.6 Å². The molecule has 2 aromatic heterocycles. The van der Waals surface area contributed by atoms with Crippen LogP contribution in [0.3, 0.4) is 0 Å². The number of methoxy groups -OCH3 is 1. The molecule has 6 nitrogen and oxygen atoms in total. The van der Waals surface area contributed by atoms with Gasteiger partial charge in [0.05, 0.1) is 19.4 Å². The van der Waals surface area contributed by atoms with Crippen molar-refractivity contribution in [1.82, 2.24) is 19.7 Å². The zero-order valence-electron chi connectivity index (χ0n) is 17.0. The minimum absolute atomic E-state index is 0.667. The number of thiazole rings is 1. The highest BCUT2D eigenvalue weighted by Crippen LogP contribution is 2.30. The summed E-state index contributed by atoms with van der Waals surface area (Å²) >= 11 is 3.28. The summed E-state index contributed by atoms with van der Waals surface area (Å²) in [4.78, 5) is 4.77. The van der Waals surface area contributed by atoms with E-state index in [-0.39, 0.29) is 0 Å². The van der Waals surface area contributed by atoms with Crippen LogP contribution in [0.15, 0.2) is 59.1 Å². The van der Waals surface area contributed by atoms with Gasteiger partial charge in [0.15, 0.2) is 11.0 Å². The molecular formula is C22H22N4O2S2. The molecule has 2 aromatic carbocycles. The zero-order chi connectivity index (χ0) is 20.9. The maximum atomic E-state index is 5.50. The third-order valence-corrected chi connectivity index (χ3v) is 6.49. The van der Waals surface area contributed by atoms with Crippen molar-refractivity contribution in [2.75, 3.05) is 13.7 Å². The molecule has 0 bridgehead atoms. The number of thioether (sulfide) groups is 1. The van der Waals surface area contributed by atoms with Gasteiger partial charge in [-0.15, -0.1) is 21.5 Å². The van der Waals surface area contributed by atoms with Gasteiger partial charge >= 0.3 is 0 Å². The smallest absolute Gasteiger partial charge is 0.191 e. The summed E-state index contributed by atoms with van der Waals surface area (Å²) in [6.07, 6.45) is 0. The van der Waals surface area contributed by atoms with E-state index in [0.29, 0.717) is 6.61 Å². The Balaban J connectivity index is 1.42. The van der Waals surface area contributed by atoms with Crippen LogP contribution in [0.25, 0.3) is 22.0 Å². The summed E-state index contributed by atoms with van der Waals surface area (Å²) in [6, 6.07) is 15.9. The van der Waals surface area contributed by atoms with Crippen LogP contribution < -0.4 is 9.47 Å². The fourth-order valence-corrected chi connectivity index (χ4v) is 4.67. The molecule has 0 atom stereocenters. The molecule has 0 aliphatic rings. The monoisotopic (exact) mass is 438 g/mol. The standard InChI is InChI=1S/C22H22N4O2S2/c1-4-28-19-11-7-16(8-12-19)21-23-17(13-29-21)14-30-22-25-24-20(26(22)2)15-5-9-18(27-3)10-6-15/h5-13H,4,14H2,1-3H3. The quantitative estimate of drug-likeness (QED) is 0.348. The molecule has 0 saturated heterocycles. The van der Waals surface area contributed by atoms with Gasteiger partial charge in [0, 0.05) is 29.3 Å². The van der Waals surface area contributed by atoms with E-state index in [9.17, 15) is 0 Å². The van der Waals surface area contributed by atoms with Crippen LogP contribution in [0.5, 0.6) is 11.5 Å². The second-order valence-corrected chi connectivity index (χ2v) is 8.28. The number of rotatable bonds is 8. The van der Waals surface area contributed by atoms with Gasteiger partial charge in [0.1, 0.15) is 16.5 Å². The second kappa shape index (κ2) is 9.32. The largest absolute Gasteiger partial charge is 0.497 e. The van der Waals surface area contributed by atoms with Crippen molar-refractivity contribution < 1.29 is 9.47 Å². The topological polar surface area (TPSA) is 62.1 Å². The maximum Gasteiger partial charge on any atom is 0.191 e. The summed E-state index contributed by atoms with van der Waals surface area (Å²) in [5, 5.41) is 12.7. The Morgan fingerprint density at radius 2 is 1.67 bits per heavy atom. The molecular weight excluding hydrogens is 416 g/mol. The molecule has 0 N–H and O–H groups in total. The number of nitrogens with zero attached hydrogens (tertiary/aromatic N) is 4. The van der Waals surface area contributed by atoms with Crippen LogP contribution in [0, 0.1) is 0 Å². The van der Waals surface area contributed by atoms with E-state index in [4.69, 9.17) is 14.5 Å². The molecule has 154 valence electrons. The predicted molar refractivity (Wildman–Crippen MR) is 121 cm³/mol. The fraction of sp³-hybridized carbons (Fsp3) is 0.227. The van der Waals surface area contributed by atoms with Crippen LogP contribution in [0.1, 0.15) is 12.6 Å². The van der Waals surface area contributed by atoms with Gasteiger partial charge in [-0.25, -0.2) is 4.98 Å². The third-order valence-electron chi connectivity index (χ3n) is 4.50. The number of benzene rings is 2. The van der Waals surface area contributed by atoms with Crippen LogP contribution in [-0.4, -0.2) is 33.5 Å². The van der Waals surface area contributed by atoms with Gasteiger partial charge in [-0.3, -0.25) is 0 Å². The molecule has 4 aromatic rings. The first kappa shape index (κ1) is 20.4. The average molecular weight is 439 g/mol. The number of hydrogen-bond donors (Lipinski definition) is 0. The average Bonchev–Trinajstić information content (AvgIpc) is 3.40. The minimum Gasteiger partial charge on any atom is -0.497 e. The van der Waals surface area contributed by atoms with Crippen molar-refractivity contribution in [3.8, 4) is 33.5 Å². The lowest BCUT2D eigenvalue weighted by molar-refractivity contribution is 0.340. The zero-order valence-corrected chi connectivity index (χ0v) is 18.7. The van der Waals surface area contributed by atoms with Crippen molar-refractivity contribution in [2.45, 2.75) is 17.8 Å². The lowest BCUT2D eigenvalue weighted by atomic mass is 10.2. The summed E-state index contributed by atoms with van der Waals surface area (Å²) < 4.78 is 12.7. The van der Waals surface area contributed by atoms with E-state index in [0.717, 1.165) is 50.1 Å². The van der Waals surface area contributed by atoms with Crippen molar-refractivity contribution in [1.29, 1.82) is 0 Å². The Bertz CT molecular complexity index is 1110. The Morgan fingerprint density at radius 3 is 2.37 bits per heavy atom. The maximum absolute atomic E-state index is 5.50. The summed E-state index contributed by atoms with van der Waals surface area (Å²) in [6.45, 7) is 2.65. The SMILES string of the molecule is CCOc1ccc(-c2nc(CSc3nnc(-c4ccc(OC)cc4)n3C)cs2)cc1. The second-order valence-electron chi connectivity index (χ2n) is 6.48. The van der Waals surface area contributed by atoms with Gasteiger partial charge in [-0.05, 0) is 55.5 Å². The molecule has 0 saturated carbocycles. The molecule has 0 spiro atoms. The third kappa shape index (κ3) is 4.49. The summed E-state index contributed by atoms with van der Waals surface area (Å²) in [5.41, 5.74) is 3.13. The van der Waals surface area contributed by atoms with E-state index >= 15 is 0 Å². The normalized spacial score (nSPS) is 10.9. The van der Waals surface area contributed by atoms with Gasteiger partial charge in [0.2, 0.25) is 0 Å². The van der Waals surface area contributed by atoms with Crippen molar-refractivity contribution in [3.63, 3.8) is 0 Å². The molecule has 4 rings (SSSR count). The minimum atomic E-state index is 0.667. The van der Waals surface area contributed by atoms with Crippen molar-refractivity contribution in [3.05, 3.63) is 59.6 Å². The first-order valence-electron chi connectivity index (χ1n) is 9.52. The summed E-state index contributed by atoms with van der Waals surface area (Å²) in [5.74, 6) is 3.27. The van der Waals surface area contributed by atoms with E-state index in [1.54, 1.807) is 30.2 Å². The van der Waals surface area contributed by atoms with Crippen molar-refractivity contribution >= 4 is 23.1 Å². The Morgan fingerprint density at radius 1 is 0.967 bits per heavy atom. The molecule has 0 aliphatic heterocycles. The van der Waals surface area contributed by atoms with Gasteiger partial charge in [-0.1, -0.05) is 11.8 Å². The van der Waals surface area contributed by atoms with Gasteiger partial charge in [-0.2, -0.15) is 0 Å². The first-order chi connectivity index (χ1) is 14.7. The highest BCUT2D eigenvalue weighted by molar-refractivity contribution is 7.98. The highest BCUT2D eigenvalue weighted by atomic mass is 32.2. The molecule has 0 unspecified atom stereocenters. The molecule has 2 heterocycles. The molecule has 30 heavy (non-hydrogen) atoms. The van der Waals surface area contributed by atoms with Gasteiger partial charge < -0.3 is 14.0 Å². The van der Waals surface area contributed by atoms with Crippen LogP contribution >= 0.6 is 23.1 Å².